The van der Waals surface area contributed by atoms with Crippen LogP contribution in [-0.2, 0) is 9.59 Å². The number of hydrogen-bond donors (Lipinski definition) is 2. The Kier molecular flexibility index (Phi) is 7.53. The van der Waals surface area contributed by atoms with Gasteiger partial charge in [0, 0.05) is 18.5 Å². The molecule has 2 N–H and O–H groups in total. The van der Waals surface area contributed by atoms with E-state index in [0.29, 0.717) is 43.1 Å². The Morgan fingerprint density at radius 2 is 1.78 bits per heavy atom. The molecule has 0 bridgehead atoms. The molecule has 7 nitrogen and oxygen atoms in total. The lowest BCUT2D eigenvalue weighted by atomic mass is 9.88. The molecular weight excluding hydrogens is 420 g/mol. The number of carbonyl (C=O) groups excluding carboxylic acids is 3. The molecule has 1 saturated heterocycles. The molecular formula is C23H25F2N3O4. The summed E-state index contributed by atoms with van der Waals surface area (Å²) in [5.74, 6) is -2.26. The Balaban J connectivity index is 1.56. The second kappa shape index (κ2) is 10.3. The number of nitrogens with zero attached hydrogens (tertiary/aromatic N) is 1. The van der Waals surface area contributed by atoms with Gasteiger partial charge in [0.25, 0.3) is 0 Å². The lowest BCUT2D eigenvalue weighted by molar-refractivity contribution is -0.117. The maximum atomic E-state index is 13.9. The molecule has 9 heteroatoms. The summed E-state index contributed by atoms with van der Waals surface area (Å²) in [6.07, 6.45) is 0.896. The molecule has 0 unspecified atom stereocenters. The van der Waals surface area contributed by atoms with Crippen LogP contribution in [0.3, 0.4) is 0 Å². The van der Waals surface area contributed by atoms with Gasteiger partial charge in [-0.25, -0.2) is 8.78 Å². The first kappa shape index (κ1) is 23.3. The van der Waals surface area contributed by atoms with E-state index in [-0.39, 0.29) is 23.9 Å². The zero-order chi connectivity index (χ0) is 23.3. The van der Waals surface area contributed by atoms with Crippen LogP contribution in [0.15, 0.2) is 36.4 Å². The highest BCUT2D eigenvalue weighted by Gasteiger charge is 2.28. The molecule has 0 atom stereocenters. The number of nitrogens with one attached hydrogen (secondary N) is 2. The smallest absolute Gasteiger partial charge is 0.238 e. The number of ether oxygens (including phenoxy) is 1. The van der Waals surface area contributed by atoms with Crippen LogP contribution in [0, 0.1) is 17.6 Å². The molecule has 0 aliphatic carbocycles. The number of carbonyl (C=O) groups is 3. The number of Topliss-reactive ketones (excluding diaryl/α,β-unsaturated/α-hetero) is 1. The fourth-order valence-electron chi connectivity index (χ4n) is 3.74. The summed E-state index contributed by atoms with van der Waals surface area (Å²) in [6.45, 7) is 2.44. The summed E-state index contributed by atoms with van der Waals surface area (Å²) >= 11 is 0. The van der Waals surface area contributed by atoms with Crippen molar-refractivity contribution in [3.05, 3.63) is 53.6 Å². The molecule has 32 heavy (non-hydrogen) atoms. The molecule has 3 rings (SSSR count). The number of piperidine rings is 1. The Hall–Kier alpha value is -3.33. The maximum Gasteiger partial charge on any atom is 0.238 e. The molecule has 1 aliphatic heterocycles. The van der Waals surface area contributed by atoms with Crippen molar-refractivity contribution < 1.29 is 27.9 Å². The lowest BCUT2D eigenvalue weighted by Crippen LogP contribution is -2.40. The Bertz CT molecular complexity index is 1020. The summed E-state index contributed by atoms with van der Waals surface area (Å²) in [5, 5.41) is 5.43. The van der Waals surface area contributed by atoms with Crippen molar-refractivity contribution in [2.45, 2.75) is 19.8 Å². The third-order valence-corrected chi connectivity index (χ3v) is 5.31. The third kappa shape index (κ3) is 5.88. The highest BCUT2D eigenvalue weighted by molar-refractivity contribution is 5.98. The van der Waals surface area contributed by atoms with Crippen molar-refractivity contribution in [1.82, 2.24) is 4.90 Å². The second-order valence-corrected chi connectivity index (χ2v) is 7.68. The summed E-state index contributed by atoms with van der Waals surface area (Å²) in [5.41, 5.74) is 0.722. The number of rotatable bonds is 7. The second-order valence-electron chi connectivity index (χ2n) is 7.68. The van der Waals surface area contributed by atoms with Crippen LogP contribution in [0.1, 0.15) is 30.1 Å². The van der Waals surface area contributed by atoms with Gasteiger partial charge in [0.15, 0.2) is 5.78 Å². The summed E-state index contributed by atoms with van der Waals surface area (Å²) in [4.78, 5) is 38.3. The largest absolute Gasteiger partial charge is 0.495 e. The van der Waals surface area contributed by atoms with Crippen LogP contribution in [0.2, 0.25) is 0 Å². The first-order valence-corrected chi connectivity index (χ1v) is 10.2. The van der Waals surface area contributed by atoms with E-state index in [1.54, 1.807) is 18.2 Å². The zero-order valence-corrected chi connectivity index (χ0v) is 17.9. The van der Waals surface area contributed by atoms with Gasteiger partial charge in [0.1, 0.15) is 17.4 Å². The van der Waals surface area contributed by atoms with Gasteiger partial charge >= 0.3 is 0 Å². The molecule has 0 spiro atoms. The minimum Gasteiger partial charge on any atom is -0.495 e. The Labute approximate surface area is 184 Å². The molecule has 0 radical (unpaired) electrons. The monoisotopic (exact) mass is 445 g/mol. The molecule has 1 aliphatic rings. The highest BCUT2D eigenvalue weighted by Crippen LogP contribution is 2.28. The number of halogens is 2. The van der Waals surface area contributed by atoms with E-state index in [1.807, 2.05) is 4.90 Å². The number of likely N-dealkylation sites (tertiary alicyclic amines) is 1. The van der Waals surface area contributed by atoms with Crippen molar-refractivity contribution in [2.24, 2.45) is 5.92 Å². The number of amides is 2. The predicted molar refractivity (Wildman–Crippen MR) is 116 cm³/mol. The number of methoxy groups -OCH3 is 1. The molecule has 2 aromatic rings. The molecule has 2 aromatic carbocycles. The zero-order valence-electron chi connectivity index (χ0n) is 17.9. The molecule has 0 saturated carbocycles. The van der Waals surface area contributed by atoms with Crippen molar-refractivity contribution in [3.8, 4) is 5.75 Å². The number of anilines is 2. The number of ketones is 1. The number of hydrogen-bond acceptors (Lipinski definition) is 5. The van der Waals surface area contributed by atoms with E-state index in [0.717, 1.165) is 18.2 Å². The van der Waals surface area contributed by atoms with E-state index < -0.39 is 23.3 Å². The summed E-state index contributed by atoms with van der Waals surface area (Å²) in [7, 11) is 1.48. The van der Waals surface area contributed by atoms with Crippen LogP contribution >= 0.6 is 0 Å². The fourth-order valence-corrected chi connectivity index (χ4v) is 3.74. The predicted octanol–water partition coefficient (Wildman–Crippen LogP) is 3.47. The average molecular weight is 445 g/mol. The fraction of sp³-hybridized carbons (Fsp3) is 0.348. The van der Waals surface area contributed by atoms with Gasteiger partial charge in [0.05, 0.1) is 24.9 Å². The minimum atomic E-state index is -0.728. The summed E-state index contributed by atoms with van der Waals surface area (Å²) in [6, 6.07) is 7.78. The SMILES string of the molecule is COc1ccc(NC(C)=O)cc1NC(=O)CN1CCC(C(=O)c2cc(F)ccc2F)CC1. The van der Waals surface area contributed by atoms with Crippen LogP contribution in [0.25, 0.3) is 0 Å². The van der Waals surface area contributed by atoms with Crippen molar-refractivity contribution in [3.63, 3.8) is 0 Å². The van der Waals surface area contributed by atoms with Gasteiger partial charge in [-0.15, -0.1) is 0 Å². The van der Waals surface area contributed by atoms with Crippen molar-refractivity contribution in [1.29, 1.82) is 0 Å². The van der Waals surface area contributed by atoms with Gasteiger partial charge in [-0.05, 0) is 62.3 Å². The standard InChI is InChI=1S/C23H25F2N3O4/c1-14(29)26-17-4-6-21(32-2)20(12-17)27-22(30)13-28-9-7-15(8-10-28)23(31)18-11-16(24)3-5-19(18)25/h3-6,11-12,15H,7-10,13H2,1-2H3,(H,26,29)(H,27,30). The van der Waals surface area contributed by atoms with Crippen molar-refractivity contribution >= 4 is 29.0 Å². The average Bonchev–Trinajstić information content (AvgIpc) is 2.75. The van der Waals surface area contributed by atoms with E-state index in [1.165, 1.54) is 14.0 Å². The Morgan fingerprint density at radius 3 is 2.44 bits per heavy atom. The highest BCUT2D eigenvalue weighted by atomic mass is 19.1. The van der Waals surface area contributed by atoms with Crippen LogP contribution in [-0.4, -0.2) is 49.2 Å². The first-order valence-electron chi connectivity index (χ1n) is 10.2. The van der Waals surface area contributed by atoms with Gasteiger partial charge in [-0.1, -0.05) is 0 Å². The van der Waals surface area contributed by atoms with Gasteiger partial charge in [-0.3, -0.25) is 19.3 Å². The van der Waals surface area contributed by atoms with Crippen LogP contribution in [0.5, 0.6) is 5.75 Å². The summed E-state index contributed by atoms with van der Waals surface area (Å²) < 4.78 is 32.6. The van der Waals surface area contributed by atoms with Crippen LogP contribution < -0.4 is 15.4 Å². The minimum absolute atomic E-state index is 0.1000. The number of benzene rings is 2. The molecule has 1 fully saturated rings. The van der Waals surface area contributed by atoms with Crippen molar-refractivity contribution in [2.75, 3.05) is 37.4 Å². The van der Waals surface area contributed by atoms with E-state index >= 15 is 0 Å². The first-order chi connectivity index (χ1) is 15.3. The van der Waals surface area contributed by atoms with Crippen LogP contribution in [0.4, 0.5) is 20.2 Å². The van der Waals surface area contributed by atoms with E-state index in [4.69, 9.17) is 4.74 Å². The lowest BCUT2D eigenvalue weighted by Gasteiger charge is -2.30. The Morgan fingerprint density at radius 1 is 1.06 bits per heavy atom. The van der Waals surface area contributed by atoms with E-state index in [2.05, 4.69) is 10.6 Å². The van der Waals surface area contributed by atoms with Gasteiger partial charge < -0.3 is 15.4 Å². The normalized spacial score (nSPS) is 14.6. The quantitative estimate of drug-likeness (QED) is 0.638. The van der Waals surface area contributed by atoms with E-state index in [9.17, 15) is 23.2 Å². The third-order valence-electron chi connectivity index (χ3n) is 5.31. The molecule has 170 valence electrons. The molecule has 0 aromatic heterocycles. The molecule has 2 amide bonds. The van der Waals surface area contributed by atoms with Gasteiger partial charge in [-0.2, -0.15) is 0 Å². The molecule has 1 heterocycles. The maximum absolute atomic E-state index is 13.9. The topological polar surface area (TPSA) is 87.7 Å². The van der Waals surface area contributed by atoms with Gasteiger partial charge in [0.2, 0.25) is 11.8 Å².